The van der Waals surface area contributed by atoms with Gasteiger partial charge in [-0.1, -0.05) is 23.7 Å². The lowest BCUT2D eigenvalue weighted by Crippen LogP contribution is -2.16. The molecular formula is C15H12ClN3O2. The van der Waals surface area contributed by atoms with Crippen LogP contribution >= 0.6 is 11.6 Å². The minimum absolute atomic E-state index is 0.0555. The molecule has 0 amide bonds. The third kappa shape index (κ3) is 3.50. The molecule has 2 rings (SSSR count). The molecule has 0 aliphatic rings. The lowest BCUT2D eigenvalue weighted by Gasteiger charge is -2.19. The number of nitro benzene ring substituents is 1. The zero-order valence-corrected chi connectivity index (χ0v) is 12.0. The fourth-order valence-corrected chi connectivity index (χ4v) is 2.22. The van der Waals surface area contributed by atoms with E-state index in [2.05, 4.69) is 0 Å². The van der Waals surface area contributed by atoms with Crippen LogP contribution in [0.2, 0.25) is 5.02 Å². The number of halogens is 1. The van der Waals surface area contributed by atoms with Gasteiger partial charge in [-0.05, 0) is 29.8 Å². The van der Waals surface area contributed by atoms with Gasteiger partial charge in [0.2, 0.25) is 0 Å². The van der Waals surface area contributed by atoms with Crippen LogP contribution < -0.4 is 4.90 Å². The van der Waals surface area contributed by atoms with Gasteiger partial charge in [0.25, 0.3) is 5.69 Å². The molecule has 21 heavy (non-hydrogen) atoms. The summed E-state index contributed by atoms with van der Waals surface area (Å²) in [6, 6.07) is 13.8. The highest BCUT2D eigenvalue weighted by Gasteiger charge is 2.15. The zero-order chi connectivity index (χ0) is 15.4. The Morgan fingerprint density at radius 2 is 2.10 bits per heavy atom. The molecule has 106 valence electrons. The zero-order valence-electron chi connectivity index (χ0n) is 11.3. The average Bonchev–Trinajstić information content (AvgIpc) is 2.46. The largest absolute Gasteiger partial charge is 0.370 e. The molecule has 2 aromatic carbocycles. The van der Waals surface area contributed by atoms with E-state index in [0.29, 0.717) is 17.3 Å². The number of nitrogens with zero attached hydrogens (tertiary/aromatic N) is 3. The minimum Gasteiger partial charge on any atom is -0.370 e. The lowest BCUT2D eigenvalue weighted by atomic mass is 10.1. The first-order valence-corrected chi connectivity index (χ1v) is 6.53. The van der Waals surface area contributed by atoms with Crippen molar-refractivity contribution in [2.45, 2.75) is 6.54 Å². The Bertz CT molecular complexity index is 725. The molecular weight excluding hydrogens is 290 g/mol. The Morgan fingerprint density at radius 3 is 2.71 bits per heavy atom. The van der Waals surface area contributed by atoms with Gasteiger partial charge < -0.3 is 4.90 Å². The molecule has 0 saturated heterocycles. The predicted octanol–water partition coefficient (Wildman–Crippen LogP) is 3.76. The topological polar surface area (TPSA) is 70.2 Å². The second-order valence-electron chi connectivity index (χ2n) is 4.56. The van der Waals surface area contributed by atoms with Crippen LogP contribution in [-0.2, 0) is 6.54 Å². The summed E-state index contributed by atoms with van der Waals surface area (Å²) in [5.41, 5.74) is 1.53. The molecule has 2 aromatic rings. The molecule has 0 radical (unpaired) electrons. The maximum absolute atomic E-state index is 11.0. The third-order valence-corrected chi connectivity index (χ3v) is 3.28. The van der Waals surface area contributed by atoms with E-state index in [4.69, 9.17) is 16.9 Å². The monoisotopic (exact) mass is 301 g/mol. The average molecular weight is 302 g/mol. The van der Waals surface area contributed by atoms with Crippen molar-refractivity contribution in [1.29, 1.82) is 5.26 Å². The molecule has 0 aromatic heterocycles. The summed E-state index contributed by atoms with van der Waals surface area (Å²) in [6.45, 7) is 0.559. The van der Waals surface area contributed by atoms with Crippen LogP contribution in [0, 0.1) is 21.4 Å². The number of hydrogen-bond donors (Lipinski definition) is 0. The number of anilines is 1. The summed E-state index contributed by atoms with van der Waals surface area (Å²) in [4.78, 5) is 12.3. The van der Waals surface area contributed by atoms with Crippen molar-refractivity contribution < 1.29 is 4.92 Å². The van der Waals surface area contributed by atoms with Crippen LogP contribution in [0.3, 0.4) is 0 Å². The van der Waals surface area contributed by atoms with E-state index in [0.717, 1.165) is 5.56 Å². The molecule has 5 nitrogen and oxygen atoms in total. The van der Waals surface area contributed by atoms with Gasteiger partial charge in [0, 0.05) is 30.4 Å². The van der Waals surface area contributed by atoms with Crippen LogP contribution in [0.25, 0.3) is 0 Å². The molecule has 0 N–H and O–H groups in total. The van der Waals surface area contributed by atoms with E-state index in [1.54, 1.807) is 12.1 Å². The van der Waals surface area contributed by atoms with Crippen LogP contribution in [0.4, 0.5) is 11.4 Å². The Balaban J connectivity index is 2.27. The number of rotatable bonds is 4. The molecule has 0 atom stereocenters. The second kappa shape index (κ2) is 6.25. The minimum atomic E-state index is -0.546. The molecule has 6 heteroatoms. The van der Waals surface area contributed by atoms with Crippen LogP contribution in [0.1, 0.15) is 11.1 Å². The van der Waals surface area contributed by atoms with E-state index in [9.17, 15) is 10.1 Å². The van der Waals surface area contributed by atoms with Crippen molar-refractivity contribution in [1.82, 2.24) is 0 Å². The fourth-order valence-electron chi connectivity index (χ4n) is 2.00. The highest BCUT2D eigenvalue weighted by atomic mass is 35.5. The number of benzene rings is 2. The van der Waals surface area contributed by atoms with E-state index in [1.165, 1.54) is 12.1 Å². The Hall–Kier alpha value is -2.58. The maximum Gasteiger partial charge on any atom is 0.289 e. The van der Waals surface area contributed by atoms with Gasteiger partial charge in [-0.2, -0.15) is 5.26 Å². The van der Waals surface area contributed by atoms with Crippen molar-refractivity contribution in [3.05, 3.63) is 68.7 Å². The van der Waals surface area contributed by atoms with Crippen molar-refractivity contribution in [3.8, 4) is 6.07 Å². The summed E-state index contributed by atoms with van der Waals surface area (Å²) in [5.74, 6) is 0. The third-order valence-electron chi connectivity index (χ3n) is 3.05. The molecule has 0 saturated carbocycles. The molecule has 0 bridgehead atoms. The fraction of sp³-hybridized carbons (Fsp3) is 0.133. The van der Waals surface area contributed by atoms with Gasteiger partial charge in [0.1, 0.15) is 11.6 Å². The van der Waals surface area contributed by atoms with Crippen molar-refractivity contribution >= 4 is 23.0 Å². The molecule has 0 aliphatic carbocycles. The van der Waals surface area contributed by atoms with E-state index < -0.39 is 4.92 Å². The van der Waals surface area contributed by atoms with Crippen molar-refractivity contribution in [3.63, 3.8) is 0 Å². The number of nitriles is 1. The van der Waals surface area contributed by atoms with Gasteiger partial charge in [0.05, 0.1) is 4.92 Å². The Morgan fingerprint density at radius 1 is 1.33 bits per heavy atom. The van der Waals surface area contributed by atoms with Gasteiger partial charge in [-0.15, -0.1) is 0 Å². The Kier molecular flexibility index (Phi) is 4.41. The molecule has 0 unspecified atom stereocenters. The highest BCUT2D eigenvalue weighted by molar-refractivity contribution is 6.30. The van der Waals surface area contributed by atoms with Gasteiger partial charge in [-0.3, -0.25) is 10.1 Å². The first-order valence-electron chi connectivity index (χ1n) is 6.15. The van der Waals surface area contributed by atoms with Gasteiger partial charge in [0.15, 0.2) is 0 Å². The van der Waals surface area contributed by atoms with E-state index >= 15 is 0 Å². The normalized spacial score (nSPS) is 9.95. The maximum atomic E-state index is 11.0. The molecule has 0 aliphatic heterocycles. The smallest absolute Gasteiger partial charge is 0.289 e. The summed E-state index contributed by atoms with van der Waals surface area (Å²) in [7, 11) is 1.83. The molecule has 0 spiro atoms. The lowest BCUT2D eigenvalue weighted by molar-refractivity contribution is -0.385. The van der Waals surface area contributed by atoms with E-state index in [1.807, 2.05) is 36.2 Å². The summed E-state index contributed by atoms with van der Waals surface area (Å²) in [5, 5.41) is 20.5. The van der Waals surface area contributed by atoms with Crippen LogP contribution in [-0.4, -0.2) is 12.0 Å². The first-order chi connectivity index (χ1) is 10.0. The van der Waals surface area contributed by atoms with Crippen LogP contribution in [0.5, 0.6) is 0 Å². The number of hydrogen-bond acceptors (Lipinski definition) is 4. The highest BCUT2D eigenvalue weighted by Crippen LogP contribution is 2.25. The summed E-state index contributed by atoms with van der Waals surface area (Å²) >= 11 is 5.94. The molecule has 0 heterocycles. The van der Waals surface area contributed by atoms with Gasteiger partial charge >= 0.3 is 0 Å². The number of nitro groups is 1. The Labute approximate surface area is 127 Å². The standard InChI is InChI=1S/C15H12ClN3O2/c1-18(10-11-3-2-4-13(16)7-11)14-6-5-12(9-17)15(8-14)19(20)21/h2-8H,10H2,1H3. The molecule has 0 fully saturated rings. The SMILES string of the molecule is CN(Cc1cccc(Cl)c1)c1ccc(C#N)c([N+](=O)[O-])c1. The predicted molar refractivity (Wildman–Crippen MR) is 81.4 cm³/mol. The summed E-state index contributed by atoms with van der Waals surface area (Å²) < 4.78 is 0. The van der Waals surface area contributed by atoms with E-state index in [-0.39, 0.29) is 11.3 Å². The van der Waals surface area contributed by atoms with Crippen molar-refractivity contribution in [2.75, 3.05) is 11.9 Å². The van der Waals surface area contributed by atoms with Crippen LogP contribution in [0.15, 0.2) is 42.5 Å². The first kappa shape index (κ1) is 14.8. The second-order valence-corrected chi connectivity index (χ2v) is 4.99. The quantitative estimate of drug-likeness (QED) is 0.637. The van der Waals surface area contributed by atoms with Gasteiger partial charge in [-0.25, -0.2) is 0 Å². The van der Waals surface area contributed by atoms with Crippen molar-refractivity contribution in [2.24, 2.45) is 0 Å². The summed E-state index contributed by atoms with van der Waals surface area (Å²) in [6.07, 6.45) is 0.